The van der Waals surface area contributed by atoms with Crippen molar-refractivity contribution in [2.24, 2.45) is 5.73 Å². The molecule has 0 unspecified atom stereocenters. The number of phenols is 1. The summed E-state index contributed by atoms with van der Waals surface area (Å²) >= 11 is 0. The molecule has 1 aromatic rings. The molecule has 0 spiro atoms. The molecule has 8 nitrogen and oxygen atoms in total. The van der Waals surface area contributed by atoms with E-state index in [-0.39, 0.29) is 4.90 Å². The Bertz CT molecular complexity index is 625. The normalized spacial score (nSPS) is 11.5. The highest BCUT2D eigenvalue weighted by Gasteiger charge is 2.24. The summed E-state index contributed by atoms with van der Waals surface area (Å²) in [6.45, 7) is -0.536. The van der Waals surface area contributed by atoms with Gasteiger partial charge in [0.25, 0.3) is 0 Å². The lowest BCUT2D eigenvalue weighted by Crippen LogP contribution is -2.35. The molecule has 0 aliphatic carbocycles. The molecule has 9 heteroatoms. The van der Waals surface area contributed by atoms with Gasteiger partial charge in [0, 0.05) is 7.05 Å². The average Bonchev–Trinajstić information content (AvgIpc) is 2.27. The number of carbonyl (C=O) groups is 2. The smallest absolute Gasteiger partial charge is 0.339 e. The van der Waals surface area contributed by atoms with Crippen LogP contribution < -0.4 is 5.73 Å². The van der Waals surface area contributed by atoms with Gasteiger partial charge in [0.05, 0.1) is 11.4 Å². The van der Waals surface area contributed by atoms with Crippen molar-refractivity contribution < 1.29 is 28.2 Å². The topological polar surface area (TPSA) is 138 Å². The van der Waals surface area contributed by atoms with Crippen LogP contribution >= 0.6 is 0 Å². The van der Waals surface area contributed by atoms with Crippen molar-refractivity contribution >= 4 is 21.9 Å². The summed E-state index contributed by atoms with van der Waals surface area (Å²) in [4.78, 5) is 21.1. The Hall–Kier alpha value is -2.13. The van der Waals surface area contributed by atoms with Gasteiger partial charge in [-0.05, 0) is 18.2 Å². The SMILES string of the molecule is CN(CC(N)=O)S(=O)(=O)c1ccc(O)c(C(=O)O)c1. The van der Waals surface area contributed by atoms with Gasteiger partial charge in [-0.25, -0.2) is 13.2 Å². The number of benzene rings is 1. The lowest BCUT2D eigenvalue weighted by Gasteiger charge is -2.15. The number of carboxylic acids is 1. The Labute approximate surface area is 109 Å². The van der Waals surface area contributed by atoms with Gasteiger partial charge >= 0.3 is 5.97 Å². The van der Waals surface area contributed by atoms with Crippen LogP contribution in [0.2, 0.25) is 0 Å². The minimum atomic E-state index is -4.05. The number of nitrogens with two attached hydrogens (primary N) is 1. The molecule has 0 fully saturated rings. The fraction of sp³-hybridized carbons (Fsp3) is 0.200. The lowest BCUT2D eigenvalue weighted by atomic mass is 10.2. The monoisotopic (exact) mass is 288 g/mol. The predicted molar refractivity (Wildman–Crippen MR) is 64.1 cm³/mol. The molecule has 0 aromatic heterocycles. The van der Waals surface area contributed by atoms with Gasteiger partial charge in [0.15, 0.2) is 0 Å². The number of aromatic hydroxyl groups is 1. The van der Waals surface area contributed by atoms with Gasteiger partial charge < -0.3 is 15.9 Å². The van der Waals surface area contributed by atoms with E-state index in [9.17, 15) is 23.1 Å². The number of rotatable bonds is 5. The first-order valence-electron chi connectivity index (χ1n) is 4.97. The van der Waals surface area contributed by atoms with Gasteiger partial charge in [-0.15, -0.1) is 0 Å². The second kappa shape index (κ2) is 5.24. The second-order valence-electron chi connectivity index (χ2n) is 3.71. The molecule has 0 heterocycles. The quantitative estimate of drug-likeness (QED) is 0.648. The molecule has 0 saturated heterocycles. The molecule has 0 bridgehead atoms. The molecule has 0 saturated carbocycles. The zero-order valence-electron chi connectivity index (χ0n) is 9.90. The Balaban J connectivity index is 3.26. The highest BCUT2D eigenvalue weighted by Crippen LogP contribution is 2.23. The Morgan fingerprint density at radius 1 is 1.37 bits per heavy atom. The first-order chi connectivity index (χ1) is 8.66. The third kappa shape index (κ3) is 3.20. The molecular formula is C10H12N2O6S. The standard InChI is InChI=1S/C10H12N2O6S/c1-12(5-9(11)14)19(17,18)6-2-3-8(13)7(4-6)10(15)16/h2-4,13H,5H2,1H3,(H2,11,14)(H,15,16). The fourth-order valence-electron chi connectivity index (χ4n) is 1.33. The first kappa shape index (κ1) is 14.9. The van der Waals surface area contributed by atoms with E-state index < -0.39 is 39.8 Å². The third-order valence-corrected chi connectivity index (χ3v) is 4.08. The molecule has 1 rings (SSSR count). The van der Waals surface area contributed by atoms with E-state index >= 15 is 0 Å². The number of aromatic carboxylic acids is 1. The minimum Gasteiger partial charge on any atom is -0.507 e. The molecule has 0 radical (unpaired) electrons. The fourth-order valence-corrected chi connectivity index (χ4v) is 2.50. The molecule has 0 atom stereocenters. The molecule has 1 amide bonds. The van der Waals surface area contributed by atoms with Crippen molar-refractivity contribution in [2.45, 2.75) is 4.90 Å². The summed E-state index contributed by atoms with van der Waals surface area (Å²) in [5.74, 6) is -2.86. The number of nitrogens with zero attached hydrogens (tertiary/aromatic N) is 1. The van der Waals surface area contributed by atoms with Crippen molar-refractivity contribution in [3.8, 4) is 5.75 Å². The molecule has 19 heavy (non-hydrogen) atoms. The maximum atomic E-state index is 12.0. The van der Waals surface area contributed by atoms with E-state index in [2.05, 4.69) is 0 Å². The number of amides is 1. The summed E-state index contributed by atoms with van der Waals surface area (Å²) in [6, 6.07) is 2.80. The van der Waals surface area contributed by atoms with Crippen molar-refractivity contribution in [1.82, 2.24) is 4.31 Å². The number of carboxylic acid groups (broad SMARTS) is 1. The van der Waals surface area contributed by atoms with Crippen LogP contribution in [0, 0.1) is 0 Å². The second-order valence-corrected chi connectivity index (χ2v) is 5.76. The van der Waals surface area contributed by atoms with E-state index in [1.807, 2.05) is 0 Å². The Morgan fingerprint density at radius 3 is 2.42 bits per heavy atom. The molecule has 1 aromatic carbocycles. The Kier molecular flexibility index (Phi) is 4.12. The van der Waals surface area contributed by atoms with E-state index in [1.54, 1.807) is 0 Å². The average molecular weight is 288 g/mol. The summed E-state index contributed by atoms with van der Waals surface area (Å²) in [5, 5.41) is 18.1. The predicted octanol–water partition coefficient (Wildman–Crippen LogP) is -0.804. The maximum absolute atomic E-state index is 12.0. The summed E-state index contributed by atoms with van der Waals surface area (Å²) in [6.07, 6.45) is 0. The summed E-state index contributed by atoms with van der Waals surface area (Å²) in [7, 11) is -2.92. The van der Waals surface area contributed by atoms with Crippen molar-refractivity contribution in [2.75, 3.05) is 13.6 Å². The van der Waals surface area contributed by atoms with Crippen LogP contribution in [-0.2, 0) is 14.8 Å². The van der Waals surface area contributed by atoms with Crippen LogP contribution in [0.4, 0.5) is 0 Å². The maximum Gasteiger partial charge on any atom is 0.339 e. The first-order valence-corrected chi connectivity index (χ1v) is 6.41. The summed E-state index contributed by atoms with van der Waals surface area (Å²) < 4.78 is 24.7. The highest BCUT2D eigenvalue weighted by molar-refractivity contribution is 7.89. The van der Waals surface area contributed by atoms with Crippen LogP contribution in [0.3, 0.4) is 0 Å². The van der Waals surface area contributed by atoms with E-state index in [1.165, 1.54) is 0 Å². The number of carbonyl (C=O) groups excluding carboxylic acids is 1. The lowest BCUT2D eigenvalue weighted by molar-refractivity contribution is -0.118. The van der Waals surface area contributed by atoms with Crippen LogP contribution in [0.15, 0.2) is 23.1 Å². The highest BCUT2D eigenvalue weighted by atomic mass is 32.2. The number of sulfonamides is 1. The number of hydrogen-bond donors (Lipinski definition) is 3. The molecule has 4 N–H and O–H groups in total. The van der Waals surface area contributed by atoms with Gasteiger partial charge in [-0.1, -0.05) is 0 Å². The summed E-state index contributed by atoms with van der Waals surface area (Å²) in [5.41, 5.74) is 4.34. The van der Waals surface area contributed by atoms with Crippen LogP contribution in [0.5, 0.6) is 5.75 Å². The molecule has 0 aliphatic rings. The third-order valence-electron chi connectivity index (χ3n) is 2.29. The largest absolute Gasteiger partial charge is 0.507 e. The minimum absolute atomic E-state index is 0.355. The van der Waals surface area contributed by atoms with E-state index in [4.69, 9.17) is 10.8 Å². The van der Waals surface area contributed by atoms with Crippen molar-refractivity contribution in [1.29, 1.82) is 0 Å². The number of hydrogen-bond acceptors (Lipinski definition) is 5. The van der Waals surface area contributed by atoms with E-state index in [0.29, 0.717) is 4.31 Å². The van der Waals surface area contributed by atoms with E-state index in [0.717, 1.165) is 25.2 Å². The van der Waals surface area contributed by atoms with Gasteiger partial charge in [0.1, 0.15) is 11.3 Å². The van der Waals surface area contributed by atoms with Gasteiger partial charge in [-0.3, -0.25) is 4.79 Å². The zero-order valence-corrected chi connectivity index (χ0v) is 10.7. The van der Waals surface area contributed by atoms with Crippen molar-refractivity contribution in [3.05, 3.63) is 23.8 Å². The molecular weight excluding hydrogens is 276 g/mol. The zero-order chi connectivity index (χ0) is 14.8. The van der Waals surface area contributed by atoms with Crippen LogP contribution in [0.1, 0.15) is 10.4 Å². The van der Waals surface area contributed by atoms with Gasteiger partial charge in [-0.2, -0.15) is 4.31 Å². The van der Waals surface area contributed by atoms with Gasteiger partial charge in [0.2, 0.25) is 15.9 Å². The van der Waals surface area contributed by atoms with Crippen LogP contribution in [-0.4, -0.2) is 48.4 Å². The number of primary amides is 1. The number of likely N-dealkylation sites (N-methyl/N-ethyl adjacent to an activating group) is 1. The molecule has 0 aliphatic heterocycles. The van der Waals surface area contributed by atoms with Crippen LogP contribution in [0.25, 0.3) is 0 Å². The van der Waals surface area contributed by atoms with Crippen molar-refractivity contribution in [3.63, 3.8) is 0 Å². The molecule has 104 valence electrons. The Morgan fingerprint density at radius 2 is 1.95 bits per heavy atom.